The number of hydrogen-bond acceptors (Lipinski definition) is 4. The van der Waals surface area contributed by atoms with Crippen LogP contribution in [0.1, 0.15) is 11.6 Å². The van der Waals surface area contributed by atoms with Crippen molar-refractivity contribution in [3.05, 3.63) is 23.8 Å². The monoisotopic (exact) mass is 206 g/mol. The van der Waals surface area contributed by atoms with E-state index < -0.39 is 0 Å². The third-order valence-corrected chi connectivity index (χ3v) is 2.84. The minimum absolute atomic E-state index is 0.342. The summed E-state index contributed by atoms with van der Waals surface area (Å²) in [5, 5.41) is 6.83. The Kier molecular flexibility index (Phi) is 2.23. The summed E-state index contributed by atoms with van der Waals surface area (Å²) in [6, 6.07) is 6.52. The predicted molar refractivity (Wildman–Crippen MR) is 56.2 cm³/mol. The molecule has 4 heteroatoms. The van der Waals surface area contributed by atoms with Gasteiger partial charge in [0.1, 0.15) is 0 Å². The molecule has 0 amide bonds. The van der Waals surface area contributed by atoms with Gasteiger partial charge in [-0.2, -0.15) is 0 Å². The highest BCUT2D eigenvalue weighted by Crippen LogP contribution is 2.34. The van der Waals surface area contributed by atoms with Crippen LogP contribution in [0.25, 0.3) is 0 Å². The molecule has 1 unspecified atom stereocenters. The average Bonchev–Trinajstić information content (AvgIpc) is 2.77. The maximum absolute atomic E-state index is 5.36. The predicted octanol–water partition coefficient (Wildman–Crippen LogP) is 0.649. The van der Waals surface area contributed by atoms with E-state index in [9.17, 15) is 0 Å². The number of piperazine rings is 1. The molecule has 80 valence electrons. The molecule has 15 heavy (non-hydrogen) atoms. The molecule has 0 saturated carbocycles. The van der Waals surface area contributed by atoms with Crippen LogP contribution >= 0.6 is 0 Å². The van der Waals surface area contributed by atoms with E-state index in [2.05, 4.69) is 22.8 Å². The SMILES string of the molecule is c1cc2c(cc1C1CNCCN1)OCO2. The minimum Gasteiger partial charge on any atom is -0.454 e. The zero-order valence-corrected chi connectivity index (χ0v) is 8.45. The Morgan fingerprint density at radius 2 is 2.07 bits per heavy atom. The minimum atomic E-state index is 0.342. The maximum atomic E-state index is 5.36. The summed E-state index contributed by atoms with van der Waals surface area (Å²) in [6.07, 6.45) is 0. The molecule has 3 rings (SSSR count). The van der Waals surface area contributed by atoms with Gasteiger partial charge >= 0.3 is 0 Å². The van der Waals surface area contributed by atoms with Crippen molar-refractivity contribution in [2.45, 2.75) is 6.04 Å². The molecule has 2 aliphatic heterocycles. The lowest BCUT2D eigenvalue weighted by atomic mass is 10.0. The number of nitrogens with one attached hydrogen (secondary N) is 2. The molecular weight excluding hydrogens is 192 g/mol. The van der Waals surface area contributed by atoms with E-state index in [1.54, 1.807) is 0 Å². The molecule has 0 radical (unpaired) electrons. The van der Waals surface area contributed by atoms with Gasteiger partial charge in [-0.05, 0) is 17.7 Å². The van der Waals surface area contributed by atoms with E-state index in [0.717, 1.165) is 31.1 Å². The van der Waals surface area contributed by atoms with E-state index >= 15 is 0 Å². The second-order valence-electron chi connectivity index (χ2n) is 3.82. The molecule has 2 N–H and O–H groups in total. The highest BCUT2D eigenvalue weighted by molar-refractivity contribution is 5.45. The molecule has 1 atom stereocenters. The lowest BCUT2D eigenvalue weighted by molar-refractivity contribution is 0.174. The van der Waals surface area contributed by atoms with Crippen LogP contribution in [0.3, 0.4) is 0 Å². The van der Waals surface area contributed by atoms with Crippen LogP contribution in [-0.2, 0) is 0 Å². The van der Waals surface area contributed by atoms with Crippen LogP contribution in [0.15, 0.2) is 18.2 Å². The summed E-state index contributed by atoms with van der Waals surface area (Å²) in [5.41, 5.74) is 1.26. The van der Waals surface area contributed by atoms with E-state index in [4.69, 9.17) is 9.47 Å². The first-order chi connectivity index (χ1) is 7.43. The van der Waals surface area contributed by atoms with Gasteiger partial charge in [-0.3, -0.25) is 0 Å². The molecular formula is C11H14N2O2. The van der Waals surface area contributed by atoms with E-state index in [0.29, 0.717) is 12.8 Å². The third kappa shape index (κ3) is 1.66. The molecule has 0 aromatic heterocycles. The molecule has 1 fully saturated rings. The Morgan fingerprint density at radius 1 is 1.13 bits per heavy atom. The molecule has 4 nitrogen and oxygen atoms in total. The maximum Gasteiger partial charge on any atom is 0.231 e. The van der Waals surface area contributed by atoms with Crippen molar-refractivity contribution in [2.75, 3.05) is 26.4 Å². The summed E-state index contributed by atoms with van der Waals surface area (Å²) in [4.78, 5) is 0. The zero-order valence-electron chi connectivity index (χ0n) is 8.45. The van der Waals surface area contributed by atoms with Crippen LogP contribution in [0.2, 0.25) is 0 Å². The van der Waals surface area contributed by atoms with Crippen LogP contribution < -0.4 is 20.1 Å². The van der Waals surface area contributed by atoms with Gasteiger partial charge in [0.25, 0.3) is 0 Å². The van der Waals surface area contributed by atoms with Crippen molar-refractivity contribution in [3.8, 4) is 11.5 Å². The number of hydrogen-bond donors (Lipinski definition) is 2. The van der Waals surface area contributed by atoms with Crippen molar-refractivity contribution >= 4 is 0 Å². The standard InChI is InChI=1S/C11H14N2O2/c1-2-10-11(15-7-14-10)5-8(1)9-6-12-3-4-13-9/h1-2,5,9,12-13H,3-4,6-7H2. The van der Waals surface area contributed by atoms with Gasteiger partial charge in [-0.25, -0.2) is 0 Å². The summed E-state index contributed by atoms with van der Waals surface area (Å²) >= 11 is 0. The number of ether oxygens (including phenoxy) is 2. The van der Waals surface area contributed by atoms with Gasteiger partial charge in [0, 0.05) is 25.7 Å². The summed E-state index contributed by atoms with van der Waals surface area (Å²) in [7, 11) is 0. The third-order valence-electron chi connectivity index (χ3n) is 2.84. The van der Waals surface area contributed by atoms with Crippen molar-refractivity contribution in [3.63, 3.8) is 0 Å². The topological polar surface area (TPSA) is 42.5 Å². The Balaban J connectivity index is 1.85. The van der Waals surface area contributed by atoms with E-state index in [1.165, 1.54) is 5.56 Å². The normalized spacial score (nSPS) is 24.1. The molecule has 0 aliphatic carbocycles. The smallest absolute Gasteiger partial charge is 0.231 e. The Morgan fingerprint density at radius 3 is 2.93 bits per heavy atom. The first-order valence-corrected chi connectivity index (χ1v) is 5.27. The quantitative estimate of drug-likeness (QED) is 0.708. The number of rotatable bonds is 1. The lowest BCUT2D eigenvalue weighted by Crippen LogP contribution is -2.42. The lowest BCUT2D eigenvalue weighted by Gasteiger charge is -2.24. The van der Waals surface area contributed by atoms with Crippen molar-refractivity contribution in [1.82, 2.24) is 10.6 Å². The summed E-state index contributed by atoms with van der Waals surface area (Å²) in [5.74, 6) is 1.71. The fourth-order valence-electron chi connectivity index (χ4n) is 2.02. The summed E-state index contributed by atoms with van der Waals surface area (Å²) < 4.78 is 10.6. The van der Waals surface area contributed by atoms with E-state index in [1.807, 2.05) is 6.07 Å². The number of fused-ring (bicyclic) bond motifs is 1. The number of benzene rings is 1. The molecule has 1 aromatic rings. The highest BCUT2D eigenvalue weighted by atomic mass is 16.7. The molecule has 0 spiro atoms. The van der Waals surface area contributed by atoms with Crippen LogP contribution in [-0.4, -0.2) is 26.4 Å². The van der Waals surface area contributed by atoms with Gasteiger partial charge in [-0.1, -0.05) is 6.07 Å². The Bertz CT molecular complexity index is 362. The van der Waals surface area contributed by atoms with Crippen LogP contribution in [0, 0.1) is 0 Å². The summed E-state index contributed by atoms with van der Waals surface area (Å²) in [6.45, 7) is 3.37. The average molecular weight is 206 g/mol. The molecule has 0 bridgehead atoms. The Hall–Kier alpha value is -1.26. The molecule has 1 aromatic carbocycles. The fraction of sp³-hybridized carbons (Fsp3) is 0.455. The van der Waals surface area contributed by atoms with Gasteiger partial charge in [0.15, 0.2) is 11.5 Å². The van der Waals surface area contributed by atoms with Gasteiger partial charge in [0.05, 0.1) is 0 Å². The molecule has 2 aliphatic rings. The molecule has 1 saturated heterocycles. The van der Waals surface area contributed by atoms with Crippen molar-refractivity contribution in [1.29, 1.82) is 0 Å². The van der Waals surface area contributed by atoms with Gasteiger partial charge in [0.2, 0.25) is 6.79 Å². The van der Waals surface area contributed by atoms with Crippen LogP contribution in [0.4, 0.5) is 0 Å². The fourth-order valence-corrected chi connectivity index (χ4v) is 2.02. The second kappa shape index (κ2) is 3.72. The largest absolute Gasteiger partial charge is 0.454 e. The first kappa shape index (κ1) is 9.00. The second-order valence-corrected chi connectivity index (χ2v) is 3.82. The van der Waals surface area contributed by atoms with Crippen LogP contribution in [0.5, 0.6) is 11.5 Å². The van der Waals surface area contributed by atoms with Crippen molar-refractivity contribution in [2.24, 2.45) is 0 Å². The Labute approximate surface area is 88.6 Å². The highest BCUT2D eigenvalue weighted by Gasteiger charge is 2.18. The first-order valence-electron chi connectivity index (χ1n) is 5.27. The molecule has 2 heterocycles. The van der Waals surface area contributed by atoms with E-state index in [-0.39, 0.29) is 0 Å². The van der Waals surface area contributed by atoms with Gasteiger partial charge < -0.3 is 20.1 Å². The zero-order chi connectivity index (χ0) is 10.1. The van der Waals surface area contributed by atoms with Gasteiger partial charge in [-0.15, -0.1) is 0 Å². The van der Waals surface area contributed by atoms with Crippen molar-refractivity contribution < 1.29 is 9.47 Å².